The van der Waals surface area contributed by atoms with Crippen molar-refractivity contribution in [1.29, 1.82) is 0 Å². The molecule has 2 aromatic carbocycles. The van der Waals surface area contributed by atoms with Crippen LogP contribution in [0.25, 0.3) is 33.6 Å². The van der Waals surface area contributed by atoms with Crippen molar-refractivity contribution in [2.75, 3.05) is 11.5 Å². The molecule has 2 aliphatic heterocycles. The van der Waals surface area contributed by atoms with Crippen LogP contribution in [0, 0.1) is 6.92 Å². The highest BCUT2D eigenvalue weighted by Gasteiger charge is 2.56. The van der Waals surface area contributed by atoms with Crippen LogP contribution in [0.3, 0.4) is 0 Å². The number of nitrogen functional groups attached to an aromatic ring is 1. The van der Waals surface area contributed by atoms with Crippen LogP contribution in [0.5, 0.6) is 0 Å². The molecule has 5 heterocycles. The molecule has 2 fully saturated rings. The number of aryl methyl sites for hydroxylation is 1. The summed E-state index contributed by atoms with van der Waals surface area (Å²) in [5, 5.41) is 9.68. The van der Waals surface area contributed by atoms with Gasteiger partial charge in [-0.05, 0) is 32.9 Å². The fourth-order valence-electron chi connectivity index (χ4n) is 5.84. The van der Waals surface area contributed by atoms with Gasteiger partial charge in [0.1, 0.15) is 30.0 Å². The predicted molar refractivity (Wildman–Crippen MR) is 164 cm³/mol. The Kier molecular flexibility index (Phi) is 7.12. The Bertz CT molecular complexity index is 1860. The number of nitrogens with zero attached hydrogens (tertiary/aromatic N) is 5. The highest BCUT2D eigenvalue weighted by atomic mass is 32.2. The molecule has 226 valence electrons. The first kappa shape index (κ1) is 28.5. The third-order valence-electron chi connectivity index (χ3n) is 7.85. The summed E-state index contributed by atoms with van der Waals surface area (Å²) < 4.78 is 26.8. The Labute approximate surface area is 257 Å². The Morgan fingerprint density at radius 2 is 1.82 bits per heavy atom. The van der Waals surface area contributed by atoms with Gasteiger partial charge >= 0.3 is 0 Å². The van der Waals surface area contributed by atoms with Gasteiger partial charge in [0, 0.05) is 33.8 Å². The smallest absolute Gasteiger partial charge is 0.248 e. The third kappa shape index (κ3) is 5.01. The summed E-state index contributed by atoms with van der Waals surface area (Å²) in [6.07, 6.45) is -0.385. The number of anilines is 1. The molecule has 44 heavy (non-hydrogen) atoms. The van der Waals surface area contributed by atoms with E-state index in [1.54, 1.807) is 34.6 Å². The molecule has 12 nitrogen and oxygen atoms in total. The van der Waals surface area contributed by atoms with Crippen molar-refractivity contribution < 1.29 is 23.5 Å². The number of hydrogen-bond donors (Lipinski definition) is 2. The molecule has 3 aromatic heterocycles. The number of rotatable bonds is 8. The summed E-state index contributed by atoms with van der Waals surface area (Å²) in [5.41, 5.74) is 16.8. The highest BCUT2D eigenvalue weighted by molar-refractivity contribution is 7.98. The third-order valence-corrected chi connectivity index (χ3v) is 8.91. The van der Waals surface area contributed by atoms with Crippen LogP contribution in [0.1, 0.15) is 41.7 Å². The van der Waals surface area contributed by atoms with E-state index in [0.717, 1.165) is 22.6 Å². The minimum atomic E-state index is -0.818. The fourth-order valence-corrected chi connectivity index (χ4v) is 7.00. The Morgan fingerprint density at radius 3 is 2.61 bits per heavy atom. The number of primary amides is 1. The minimum absolute atomic E-state index is 0.254. The molecule has 4 N–H and O–H groups in total. The first-order chi connectivity index (χ1) is 21.2. The monoisotopic (exact) mass is 613 g/mol. The second-order valence-corrected chi connectivity index (χ2v) is 12.3. The standard InChI is InChI=1S/C31H31N7O5S/c1-16-20(24(43-37-16)17-8-5-4-6-9-17)13-44-14-21-25-26(42-31(2,3)41-25)30(40-21)38-29-22(27(32)34-15-35-29)23(36-38)18-10-7-11-19(12-18)28(33)39/h4-12,15,21,25-26,30H,13-14H2,1-3H3,(H2,33,39)(H2,32,34,35)/t21-,25-,26-,30-/m1/s1. The summed E-state index contributed by atoms with van der Waals surface area (Å²) >= 11 is 1.71. The average molecular weight is 614 g/mol. The van der Waals surface area contributed by atoms with Gasteiger partial charge < -0.3 is 30.2 Å². The van der Waals surface area contributed by atoms with E-state index in [4.69, 9.17) is 35.3 Å². The molecule has 0 radical (unpaired) electrons. The van der Waals surface area contributed by atoms with Gasteiger partial charge in [0.05, 0.1) is 17.2 Å². The van der Waals surface area contributed by atoms with Crippen molar-refractivity contribution in [1.82, 2.24) is 24.9 Å². The van der Waals surface area contributed by atoms with E-state index in [1.807, 2.05) is 57.2 Å². The van der Waals surface area contributed by atoms with Gasteiger partial charge in [0.25, 0.3) is 0 Å². The van der Waals surface area contributed by atoms with E-state index in [-0.39, 0.29) is 18.0 Å². The van der Waals surface area contributed by atoms with Gasteiger partial charge in [-0.15, -0.1) is 0 Å². The van der Waals surface area contributed by atoms with Crippen LogP contribution in [0.2, 0.25) is 0 Å². The Balaban J connectivity index is 1.19. The van der Waals surface area contributed by atoms with Crippen LogP contribution in [-0.4, -0.2) is 60.7 Å². The summed E-state index contributed by atoms with van der Waals surface area (Å²) in [6.45, 7) is 5.73. The van der Waals surface area contributed by atoms with Gasteiger partial charge in [0.2, 0.25) is 5.91 Å². The molecule has 1 amide bonds. The normalized spacial score (nSPS) is 22.4. The molecule has 2 aliphatic rings. The lowest BCUT2D eigenvalue weighted by atomic mass is 10.1. The van der Waals surface area contributed by atoms with Crippen molar-refractivity contribution >= 4 is 34.5 Å². The van der Waals surface area contributed by atoms with Crippen LogP contribution in [0.15, 0.2) is 65.4 Å². The number of carbonyl (C=O) groups excluding carboxylic acids is 1. The van der Waals surface area contributed by atoms with E-state index in [9.17, 15) is 4.79 Å². The second-order valence-electron chi connectivity index (χ2n) is 11.3. The molecule has 4 atom stereocenters. The molecule has 0 unspecified atom stereocenters. The van der Waals surface area contributed by atoms with E-state index < -0.39 is 24.0 Å². The van der Waals surface area contributed by atoms with Crippen molar-refractivity contribution in [2.24, 2.45) is 5.73 Å². The van der Waals surface area contributed by atoms with Gasteiger partial charge in [-0.25, -0.2) is 14.6 Å². The maximum absolute atomic E-state index is 11.9. The van der Waals surface area contributed by atoms with Crippen LogP contribution in [0.4, 0.5) is 5.82 Å². The number of carbonyl (C=O) groups is 1. The van der Waals surface area contributed by atoms with Crippen molar-refractivity contribution in [3.63, 3.8) is 0 Å². The summed E-state index contributed by atoms with van der Waals surface area (Å²) in [6, 6.07) is 16.9. The first-order valence-electron chi connectivity index (χ1n) is 14.2. The number of thioether (sulfide) groups is 1. The van der Waals surface area contributed by atoms with E-state index in [1.165, 1.54) is 6.33 Å². The van der Waals surface area contributed by atoms with Crippen molar-refractivity contribution in [2.45, 2.75) is 56.9 Å². The molecule has 5 aromatic rings. The van der Waals surface area contributed by atoms with Crippen LogP contribution in [-0.2, 0) is 20.0 Å². The van der Waals surface area contributed by atoms with Gasteiger partial charge in [0.15, 0.2) is 23.4 Å². The van der Waals surface area contributed by atoms with E-state index in [0.29, 0.717) is 39.4 Å². The van der Waals surface area contributed by atoms with Crippen molar-refractivity contribution in [3.05, 3.63) is 77.7 Å². The molecule has 7 rings (SSSR count). The largest absolute Gasteiger partial charge is 0.383 e. The van der Waals surface area contributed by atoms with Crippen LogP contribution >= 0.6 is 11.8 Å². The molecule has 0 spiro atoms. The maximum atomic E-state index is 11.9. The fraction of sp³-hybridized carbons (Fsp3) is 0.323. The molecular formula is C31H31N7O5S. The quantitative estimate of drug-likeness (QED) is 0.253. The zero-order valence-electron chi connectivity index (χ0n) is 24.3. The lowest BCUT2D eigenvalue weighted by Crippen LogP contribution is -2.31. The number of fused-ring (bicyclic) bond motifs is 2. The number of amides is 1. The zero-order valence-corrected chi connectivity index (χ0v) is 25.2. The number of hydrogen-bond acceptors (Lipinski definition) is 11. The number of ether oxygens (including phenoxy) is 3. The summed E-state index contributed by atoms with van der Waals surface area (Å²) in [7, 11) is 0. The Hall–Kier alpha value is -4.30. The molecule has 2 saturated heterocycles. The highest BCUT2D eigenvalue weighted by Crippen LogP contribution is 2.45. The minimum Gasteiger partial charge on any atom is -0.383 e. The average Bonchev–Trinajstić information content (AvgIpc) is 3.75. The van der Waals surface area contributed by atoms with E-state index in [2.05, 4.69) is 15.1 Å². The van der Waals surface area contributed by atoms with Gasteiger partial charge in [-0.1, -0.05) is 47.6 Å². The lowest BCUT2D eigenvalue weighted by molar-refractivity contribution is -0.195. The predicted octanol–water partition coefficient (Wildman–Crippen LogP) is 4.49. The lowest BCUT2D eigenvalue weighted by Gasteiger charge is -2.24. The Morgan fingerprint density at radius 1 is 1.05 bits per heavy atom. The van der Waals surface area contributed by atoms with Gasteiger partial charge in [-0.2, -0.15) is 16.9 Å². The molecule has 0 aliphatic carbocycles. The SMILES string of the molecule is Cc1noc(-c2ccccc2)c1CSC[C@H]1O[C@@H](n2nc(-c3cccc(C(N)=O)c3)c3c(N)ncnc32)[C@@H]2OC(C)(C)O[C@@H]21. The molecule has 13 heteroatoms. The van der Waals surface area contributed by atoms with E-state index >= 15 is 0 Å². The second kappa shape index (κ2) is 11.0. The molecule has 0 bridgehead atoms. The number of aromatic nitrogens is 5. The first-order valence-corrected chi connectivity index (χ1v) is 15.3. The summed E-state index contributed by atoms with van der Waals surface area (Å²) in [4.78, 5) is 20.6. The molecule has 0 saturated carbocycles. The van der Waals surface area contributed by atoms with Crippen molar-refractivity contribution in [3.8, 4) is 22.6 Å². The van der Waals surface area contributed by atoms with Crippen LogP contribution < -0.4 is 11.5 Å². The summed E-state index contributed by atoms with van der Waals surface area (Å²) in [5.74, 6) is 0.971. The maximum Gasteiger partial charge on any atom is 0.248 e. The molecular weight excluding hydrogens is 582 g/mol. The topological polar surface area (TPSA) is 166 Å². The number of nitrogens with two attached hydrogens (primary N) is 2. The zero-order chi connectivity index (χ0) is 30.6. The van der Waals surface area contributed by atoms with Gasteiger partial charge in [-0.3, -0.25) is 4.79 Å². The number of benzene rings is 2.